The maximum atomic E-state index is 13.1. The van der Waals surface area contributed by atoms with Gasteiger partial charge in [0.25, 0.3) is 5.91 Å². The highest BCUT2D eigenvalue weighted by Gasteiger charge is 2.27. The number of hydrogen-bond acceptors (Lipinski definition) is 5. The SMILES string of the molecule is CC1(C)CCNc2ccc(NC(=O)c3cccnc3NCc3ccc4cccnc4c3)cc21. The van der Waals surface area contributed by atoms with E-state index in [2.05, 4.69) is 58.0 Å². The van der Waals surface area contributed by atoms with Crippen molar-refractivity contribution in [1.29, 1.82) is 0 Å². The minimum Gasteiger partial charge on any atom is -0.385 e. The fourth-order valence-corrected chi connectivity index (χ4v) is 4.32. The minimum atomic E-state index is -0.188. The van der Waals surface area contributed by atoms with Crippen molar-refractivity contribution in [3.8, 4) is 0 Å². The van der Waals surface area contributed by atoms with Gasteiger partial charge in [-0.25, -0.2) is 4.98 Å². The Kier molecular flexibility index (Phi) is 5.42. The molecule has 0 unspecified atom stereocenters. The molecule has 166 valence electrons. The first kappa shape index (κ1) is 20.9. The van der Waals surface area contributed by atoms with Crippen molar-refractivity contribution in [2.75, 3.05) is 22.5 Å². The van der Waals surface area contributed by atoms with E-state index in [1.165, 1.54) is 5.56 Å². The van der Waals surface area contributed by atoms with Gasteiger partial charge in [-0.05, 0) is 65.4 Å². The number of nitrogens with one attached hydrogen (secondary N) is 3. The molecule has 1 amide bonds. The van der Waals surface area contributed by atoms with Gasteiger partial charge >= 0.3 is 0 Å². The van der Waals surface area contributed by atoms with Crippen LogP contribution in [0.1, 0.15) is 41.8 Å². The van der Waals surface area contributed by atoms with Crippen molar-refractivity contribution in [3.05, 3.63) is 89.7 Å². The van der Waals surface area contributed by atoms with Gasteiger partial charge in [-0.15, -0.1) is 0 Å². The van der Waals surface area contributed by atoms with Gasteiger partial charge in [-0.2, -0.15) is 0 Å². The Labute approximate surface area is 193 Å². The Morgan fingerprint density at radius 1 is 1.03 bits per heavy atom. The van der Waals surface area contributed by atoms with Crippen molar-refractivity contribution >= 4 is 34.0 Å². The monoisotopic (exact) mass is 437 g/mol. The van der Waals surface area contributed by atoms with E-state index in [4.69, 9.17) is 0 Å². The zero-order valence-corrected chi connectivity index (χ0v) is 18.9. The maximum Gasteiger partial charge on any atom is 0.259 e. The van der Waals surface area contributed by atoms with Gasteiger partial charge in [-0.3, -0.25) is 9.78 Å². The van der Waals surface area contributed by atoms with Crippen LogP contribution >= 0.6 is 0 Å². The molecule has 3 N–H and O–H groups in total. The van der Waals surface area contributed by atoms with Crippen LogP contribution in [-0.2, 0) is 12.0 Å². The second-order valence-electron chi connectivity index (χ2n) is 9.06. The van der Waals surface area contributed by atoms with Gasteiger partial charge in [-0.1, -0.05) is 32.0 Å². The number of rotatable bonds is 5. The zero-order valence-electron chi connectivity index (χ0n) is 18.9. The van der Waals surface area contributed by atoms with Crippen LogP contribution in [0.25, 0.3) is 10.9 Å². The van der Waals surface area contributed by atoms with Crippen LogP contribution in [0.15, 0.2) is 73.1 Å². The third-order valence-electron chi connectivity index (χ3n) is 6.25. The molecule has 1 aliphatic rings. The zero-order chi connectivity index (χ0) is 22.8. The van der Waals surface area contributed by atoms with Crippen LogP contribution in [-0.4, -0.2) is 22.4 Å². The molecule has 0 saturated heterocycles. The molecule has 6 nitrogen and oxygen atoms in total. The number of nitrogens with zero attached hydrogens (tertiary/aromatic N) is 2. The normalized spacial score (nSPS) is 14.2. The molecule has 4 aromatic rings. The van der Waals surface area contributed by atoms with Gasteiger partial charge in [0, 0.05) is 42.2 Å². The predicted octanol–water partition coefficient (Wildman–Crippen LogP) is 5.59. The number of amides is 1. The largest absolute Gasteiger partial charge is 0.385 e. The maximum absolute atomic E-state index is 13.1. The summed E-state index contributed by atoms with van der Waals surface area (Å²) in [6, 6.07) is 19.8. The fraction of sp³-hybridized carbons (Fsp3) is 0.222. The van der Waals surface area contributed by atoms with Crippen LogP contribution in [0.2, 0.25) is 0 Å². The van der Waals surface area contributed by atoms with Crippen molar-refractivity contribution in [3.63, 3.8) is 0 Å². The summed E-state index contributed by atoms with van der Waals surface area (Å²) in [5, 5.41) is 10.9. The summed E-state index contributed by atoms with van der Waals surface area (Å²) < 4.78 is 0. The van der Waals surface area contributed by atoms with Gasteiger partial charge in [0.1, 0.15) is 5.82 Å². The molecule has 0 aliphatic carbocycles. The number of anilines is 3. The molecule has 3 heterocycles. The van der Waals surface area contributed by atoms with Gasteiger partial charge in [0.05, 0.1) is 11.1 Å². The lowest BCUT2D eigenvalue weighted by Gasteiger charge is -2.33. The molecule has 2 aromatic heterocycles. The van der Waals surface area contributed by atoms with Crippen molar-refractivity contribution in [1.82, 2.24) is 9.97 Å². The second kappa shape index (κ2) is 8.54. The van der Waals surface area contributed by atoms with Crippen LogP contribution in [0.3, 0.4) is 0 Å². The molecule has 33 heavy (non-hydrogen) atoms. The molecule has 0 radical (unpaired) electrons. The summed E-state index contributed by atoms with van der Waals surface area (Å²) in [5.41, 5.74) is 5.73. The number of benzene rings is 2. The molecule has 6 heteroatoms. The van der Waals surface area contributed by atoms with Crippen LogP contribution in [0, 0.1) is 0 Å². The standard InChI is InChI=1S/C27H27N5O/c1-27(2)11-14-29-23-10-9-20(16-22(23)27)32-26(33)21-6-4-13-30-25(21)31-17-18-7-8-19-5-3-12-28-24(19)15-18/h3-10,12-13,15-16,29H,11,14,17H2,1-2H3,(H,30,31)(H,32,33). The average molecular weight is 438 g/mol. The van der Waals surface area contributed by atoms with E-state index in [-0.39, 0.29) is 11.3 Å². The van der Waals surface area contributed by atoms with Crippen LogP contribution in [0.4, 0.5) is 17.2 Å². The van der Waals surface area contributed by atoms with E-state index >= 15 is 0 Å². The van der Waals surface area contributed by atoms with Crippen LogP contribution < -0.4 is 16.0 Å². The van der Waals surface area contributed by atoms with Crippen molar-refractivity contribution in [2.24, 2.45) is 0 Å². The molecule has 5 rings (SSSR count). The molecular formula is C27H27N5O. The molecule has 0 spiro atoms. The summed E-state index contributed by atoms with van der Waals surface area (Å²) >= 11 is 0. The van der Waals surface area contributed by atoms with E-state index in [0.29, 0.717) is 17.9 Å². The number of hydrogen-bond donors (Lipinski definition) is 3. The quantitative estimate of drug-likeness (QED) is 0.379. The highest BCUT2D eigenvalue weighted by Crippen LogP contribution is 2.38. The van der Waals surface area contributed by atoms with Gasteiger partial charge < -0.3 is 16.0 Å². The predicted molar refractivity (Wildman–Crippen MR) is 134 cm³/mol. The third-order valence-corrected chi connectivity index (χ3v) is 6.25. The molecule has 2 aromatic carbocycles. The van der Waals surface area contributed by atoms with E-state index in [0.717, 1.165) is 40.8 Å². The Morgan fingerprint density at radius 3 is 2.79 bits per heavy atom. The highest BCUT2D eigenvalue weighted by atomic mass is 16.1. The molecular weight excluding hydrogens is 410 g/mol. The lowest BCUT2D eigenvalue weighted by atomic mass is 9.78. The lowest BCUT2D eigenvalue weighted by Crippen LogP contribution is -2.28. The third kappa shape index (κ3) is 4.37. The number of carbonyl (C=O) groups excluding carboxylic acids is 1. The lowest BCUT2D eigenvalue weighted by molar-refractivity contribution is 0.102. The van der Waals surface area contributed by atoms with Crippen LogP contribution in [0.5, 0.6) is 0 Å². The highest BCUT2D eigenvalue weighted by molar-refractivity contribution is 6.07. The van der Waals surface area contributed by atoms with Gasteiger partial charge in [0.15, 0.2) is 0 Å². The fourth-order valence-electron chi connectivity index (χ4n) is 4.32. The number of fused-ring (bicyclic) bond motifs is 2. The first-order valence-corrected chi connectivity index (χ1v) is 11.2. The first-order valence-electron chi connectivity index (χ1n) is 11.2. The Morgan fingerprint density at radius 2 is 1.88 bits per heavy atom. The second-order valence-corrected chi connectivity index (χ2v) is 9.06. The molecule has 0 atom stereocenters. The molecule has 0 saturated carbocycles. The molecule has 1 aliphatic heterocycles. The van der Waals surface area contributed by atoms with Crippen molar-refractivity contribution in [2.45, 2.75) is 32.2 Å². The van der Waals surface area contributed by atoms with E-state index in [1.807, 2.05) is 30.3 Å². The van der Waals surface area contributed by atoms with Gasteiger partial charge in [0.2, 0.25) is 0 Å². The molecule has 0 bridgehead atoms. The van der Waals surface area contributed by atoms with E-state index in [9.17, 15) is 4.79 Å². The summed E-state index contributed by atoms with van der Waals surface area (Å²) in [6.07, 6.45) is 4.53. The number of aromatic nitrogens is 2. The average Bonchev–Trinajstić information content (AvgIpc) is 2.83. The first-order chi connectivity index (χ1) is 16.0. The number of pyridine rings is 2. The number of carbonyl (C=O) groups is 1. The minimum absolute atomic E-state index is 0.0665. The topological polar surface area (TPSA) is 78.9 Å². The Bertz CT molecular complexity index is 1330. The smallest absolute Gasteiger partial charge is 0.259 e. The summed E-state index contributed by atoms with van der Waals surface area (Å²) in [7, 11) is 0. The van der Waals surface area contributed by atoms with Crippen molar-refractivity contribution < 1.29 is 4.79 Å². The Balaban J connectivity index is 1.33. The van der Waals surface area contributed by atoms with E-state index in [1.54, 1.807) is 24.5 Å². The summed E-state index contributed by atoms with van der Waals surface area (Å²) in [6.45, 7) is 5.99. The summed E-state index contributed by atoms with van der Waals surface area (Å²) in [5.74, 6) is 0.364. The van der Waals surface area contributed by atoms with E-state index < -0.39 is 0 Å². The molecule has 0 fully saturated rings. The Hall–Kier alpha value is -3.93. The summed E-state index contributed by atoms with van der Waals surface area (Å²) in [4.78, 5) is 22.0.